The molecule has 20 heavy (non-hydrogen) atoms. The lowest BCUT2D eigenvalue weighted by molar-refractivity contribution is -0.114. The number of amides is 1. The van der Waals surface area contributed by atoms with Crippen LogP contribution in [0.15, 0.2) is 29.6 Å². The molecule has 0 bridgehead atoms. The molecule has 0 atom stereocenters. The Labute approximate surface area is 119 Å². The number of carboxylic acid groups (broad SMARTS) is 1. The molecule has 0 radical (unpaired) electrons. The van der Waals surface area contributed by atoms with Crippen molar-refractivity contribution in [3.8, 4) is 0 Å². The van der Waals surface area contributed by atoms with Crippen molar-refractivity contribution < 1.29 is 14.7 Å². The van der Waals surface area contributed by atoms with Crippen molar-refractivity contribution in [2.45, 2.75) is 6.92 Å². The first-order chi connectivity index (χ1) is 9.54. The van der Waals surface area contributed by atoms with Crippen LogP contribution in [0.5, 0.6) is 0 Å². The minimum absolute atomic E-state index is 0.154. The number of nitrogens with zero attached hydrogens (tertiary/aromatic N) is 1. The Morgan fingerprint density at radius 1 is 1.25 bits per heavy atom. The van der Waals surface area contributed by atoms with E-state index < -0.39 is 5.97 Å². The molecule has 2 rings (SSSR count). The standard InChI is InChI=1S/C14H12N2O3S/c1-9(17)15-14-16-12(8-20-14)7-4-10-2-5-11(6-3-10)13(18)19/h2-8H,1H3,(H,18,19)(H,15,16,17)/b7-4+. The highest BCUT2D eigenvalue weighted by molar-refractivity contribution is 7.14. The minimum Gasteiger partial charge on any atom is -0.478 e. The van der Waals surface area contributed by atoms with Crippen molar-refractivity contribution in [1.29, 1.82) is 0 Å². The second-order valence-electron chi connectivity index (χ2n) is 4.02. The number of anilines is 1. The lowest BCUT2D eigenvalue weighted by Crippen LogP contribution is -2.04. The van der Waals surface area contributed by atoms with Gasteiger partial charge in [-0.15, -0.1) is 11.3 Å². The summed E-state index contributed by atoms with van der Waals surface area (Å²) in [7, 11) is 0. The summed E-state index contributed by atoms with van der Waals surface area (Å²) >= 11 is 1.35. The first-order valence-corrected chi connectivity index (χ1v) is 6.67. The molecule has 1 amide bonds. The van der Waals surface area contributed by atoms with E-state index in [9.17, 15) is 9.59 Å². The second kappa shape index (κ2) is 6.12. The maximum absolute atomic E-state index is 10.9. The van der Waals surface area contributed by atoms with E-state index >= 15 is 0 Å². The Morgan fingerprint density at radius 2 is 1.95 bits per heavy atom. The van der Waals surface area contributed by atoms with Gasteiger partial charge in [-0.3, -0.25) is 4.79 Å². The van der Waals surface area contributed by atoms with Gasteiger partial charge >= 0.3 is 5.97 Å². The predicted molar refractivity (Wildman–Crippen MR) is 78.7 cm³/mol. The first kappa shape index (κ1) is 14.0. The fourth-order valence-corrected chi connectivity index (χ4v) is 2.21. The highest BCUT2D eigenvalue weighted by Gasteiger charge is 2.02. The molecule has 1 heterocycles. The number of rotatable bonds is 4. The van der Waals surface area contributed by atoms with Crippen LogP contribution in [-0.2, 0) is 4.79 Å². The molecule has 1 aromatic heterocycles. The molecule has 0 aliphatic carbocycles. The van der Waals surface area contributed by atoms with Crippen molar-refractivity contribution in [1.82, 2.24) is 4.98 Å². The predicted octanol–water partition coefficient (Wildman–Crippen LogP) is 2.97. The van der Waals surface area contributed by atoms with Gasteiger partial charge in [0.05, 0.1) is 11.3 Å². The lowest BCUT2D eigenvalue weighted by Gasteiger charge is -1.95. The number of aromatic nitrogens is 1. The number of carboxylic acids is 1. The molecule has 2 aromatic rings. The summed E-state index contributed by atoms with van der Waals surface area (Å²) in [4.78, 5) is 25.8. The number of hydrogen-bond donors (Lipinski definition) is 2. The van der Waals surface area contributed by atoms with Gasteiger partial charge in [-0.2, -0.15) is 0 Å². The van der Waals surface area contributed by atoms with E-state index in [1.165, 1.54) is 18.3 Å². The summed E-state index contributed by atoms with van der Waals surface area (Å²) in [5.41, 5.74) is 1.87. The fraction of sp³-hybridized carbons (Fsp3) is 0.0714. The van der Waals surface area contributed by atoms with Crippen LogP contribution in [0.4, 0.5) is 5.13 Å². The molecule has 0 unspecified atom stereocenters. The Bertz CT molecular complexity index is 659. The molecule has 0 saturated carbocycles. The normalized spacial score (nSPS) is 10.7. The van der Waals surface area contributed by atoms with Gasteiger partial charge in [0.2, 0.25) is 5.91 Å². The third-order valence-corrected chi connectivity index (χ3v) is 3.19. The van der Waals surface area contributed by atoms with Crippen LogP contribution >= 0.6 is 11.3 Å². The van der Waals surface area contributed by atoms with Crippen molar-refractivity contribution in [3.05, 3.63) is 46.5 Å². The van der Waals surface area contributed by atoms with Crippen LogP contribution in [0.25, 0.3) is 12.2 Å². The van der Waals surface area contributed by atoms with Crippen LogP contribution in [-0.4, -0.2) is 22.0 Å². The highest BCUT2D eigenvalue weighted by Crippen LogP contribution is 2.17. The third-order valence-electron chi connectivity index (χ3n) is 2.41. The third kappa shape index (κ3) is 3.76. The van der Waals surface area contributed by atoms with E-state index in [1.54, 1.807) is 30.3 Å². The van der Waals surface area contributed by atoms with E-state index in [-0.39, 0.29) is 11.5 Å². The maximum atomic E-state index is 10.9. The monoisotopic (exact) mass is 288 g/mol. The molecule has 2 N–H and O–H groups in total. The Kier molecular flexibility index (Phi) is 4.27. The SMILES string of the molecule is CC(=O)Nc1nc(/C=C/c2ccc(C(=O)O)cc2)cs1. The number of nitrogens with one attached hydrogen (secondary N) is 1. The number of carbonyl (C=O) groups is 2. The number of carbonyl (C=O) groups excluding carboxylic acids is 1. The van der Waals surface area contributed by atoms with Crippen LogP contribution in [0.2, 0.25) is 0 Å². The Hall–Kier alpha value is -2.47. The van der Waals surface area contributed by atoms with E-state index in [2.05, 4.69) is 10.3 Å². The van der Waals surface area contributed by atoms with E-state index in [0.29, 0.717) is 5.13 Å². The summed E-state index contributed by atoms with van der Waals surface area (Å²) in [6.45, 7) is 1.43. The largest absolute Gasteiger partial charge is 0.478 e. The van der Waals surface area contributed by atoms with Crippen molar-refractivity contribution in [2.24, 2.45) is 0 Å². The van der Waals surface area contributed by atoms with Crippen LogP contribution < -0.4 is 5.32 Å². The van der Waals surface area contributed by atoms with Gasteiger partial charge in [0.1, 0.15) is 0 Å². The highest BCUT2D eigenvalue weighted by atomic mass is 32.1. The molecule has 0 aliphatic rings. The van der Waals surface area contributed by atoms with Gasteiger partial charge in [0, 0.05) is 12.3 Å². The topological polar surface area (TPSA) is 79.3 Å². The summed E-state index contributed by atoms with van der Waals surface area (Å²) < 4.78 is 0. The molecule has 0 fully saturated rings. The molecular formula is C14H12N2O3S. The number of benzene rings is 1. The zero-order valence-corrected chi connectivity index (χ0v) is 11.5. The minimum atomic E-state index is -0.944. The second-order valence-corrected chi connectivity index (χ2v) is 4.88. The summed E-state index contributed by atoms with van der Waals surface area (Å²) in [5.74, 6) is -1.10. The van der Waals surface area contributed by atoms with E-state index in [1.807, 2.05) is 11.5 Å². The van der Waals surface area contributed by atoms with Crippen LogP contribution in [0.1, 0.15) is 28.5 Å². The zero-order valence-electron chi connectivity index (χ0n) is 10.7. The van der Waals surface area contributed by atoms with Gasteiger partial charge in [-0.05, 0) is 23.8 Å². The van der Waals surface area contributed by atoms with Crippen molar-refractivity contribution >= 4 is 40.5 Å². The molecule has 102 valence electrons. The Morgan fingerprint density at radius 3 is 2.55 bits per heavy atom. The van der Waals surface area contributed by atoms with Crippen LogP contribution in [0.3, 0.4) is 0 Å². The molecular weight excluding hydrogens is 276 g/mol. The molecule has 0 saturated heterocycles. The van der Waals surface area contributed by atoms with Gasteiger partial charge in [-0.25, -0.2) is 9.78 Å². The van der Waals surface area contributed by atoms with Gasteiger partial charge in [0.25, 0.3) is 0 Å². The number of thiazole rings is 1. The van der Waals surface area contributed by atoms with Gasteiger partial charge < -0.3 is 10.4 Å². The van der Waals surface area contributed by atoms with Gasteiger partial charge in [-0.1, -0.05) is 18.2 Å². The van der Waals surface area contributed by atoms with Crippen molar-refractivity contribution in [3.63, 3.8) is 0 Å². The van der Waals surface area contributed by atoms with Gasteiger partial charge in [0.15, 0.2) is 5.13 Å². The molecule has 1 aromatic carbocycles. The Balaban J connectivity index is 2.07. The van der Waals surface area contributed by atoms with Crippen LogP contribution in [0, 0.1) is 0 Å². The maximum Gasteiger partial charge on any atom is 0.335 e. The molecule has 6 heteroatoms. The fourth-order valence-electron chi connectivity index (χ4n) is 1.49. The number of aromatic carboxylic acids is 1. The average molecular weight is 288 g/mol. The average Bonchev–Trinajstić information content (AvgIpc) is 2.83. The van der Waals surface area contributed by atoms with Crippen molar-refractivity contribution in [2.75, 3.05) is 5.32 Å². The summed E-state index contributed by atoms with van der Waals surface area (Å²) in [6, 6.07) is 6.54. The molecule has 5 nitrogen and oxygen atoms in total. The lowest BCUT2D eigenvalue weighted by atomic mass is 10.1. The van der Waals surface area contributed by atoms with E-state index in [4.69, 9.17) is 5.11 Å². The number of hydrogen-bond acceptors (Lipinski definition) is 4. The summed E-state index contributed by atoms with van der Waals surface area (Å²) in [5, 5.41) is 13.8. The first-order valence-electron chi connectivity index (χ1n) is 5.79. The molecule has 0 aliphatic heterocycles. The zero-order chi connectivity index (χ0) is 14.5. The quantitative estimate of drug-likeness (QED) is 0.906. The van der Waals surface area contributed by atoms with E-state index in [0.717, 1.165) is 11.3 Å². The summed E-state index contributed by atoms with van der Waals surface area (Å²) in [6.07, 6.45) is 3.63. The molecule has 0 spiro atoms. The smallest absolute Gasteiger partial charge is 0.335 e.